The number of alkyl halides is 3. The summed E-state index contributed by atoms with van der Waals surface area (Å²) in [6, 6.07) is 7.40. The summed E-state index contributed by atoms with van der Waals surface area (Å²) in [5.41, 5.74) is 0.583. The second kappa shape index (κ2) is 7.67. The van der Waals surface area contributed by atoms with Gasteiger partial charge in [0.15, 0.2) is 5.82 Å². The number of likely N-dealkylation sites (N-methyl/N-ethyl adjacent to an activating group) is 1. The van der Waals surface area contributed by atoms with Gasteiger partial charge in [-0.05, 0) is 49.5 Å². The molecule has 1 saturated heterocycles. The number of likely N-dealkylation sites (tertiary alicyclic amines) is 1. The van der Waals surface area contributed by atoms with Crippen molar-refractivity contribution >= 4 is 27.2 Å². The molecule has 0 radical (unpaired) electrons. The van der Waals surface area contributed by atoms with E-state index in [1.54, 1.807) is 0 Å². The Balaban J connectivity index is 1.62. The summed E-state index contributed by atoms with van der Waals surface area (Å²) >= 11 is 1.52. The van der Waals surface area contributed by atoms with Gasteiger partial charge in [-0.15, -0.1) is 21.5 Å². The third kappa shape index (κ3) is 3.84. The minimum atomic E-state index is -4.34. The molecule has 1 aromatic carbocycles. The number of thiophene rings is 1. The van der Waals surface area contributed by atoms with Gasteiger partial charge >= 0.3 is 6.18 Å². The Labute approximate surface area is 165 Å². The summed E-state index contributed by atoms with van der Waals surface area (Å²) in [6.45, 7) is 5.30. The number of hydrogen-bond acceptors (Lipinski definition) is 5. The Morgan fingerprint density at radius 1 is 1.18 bits per heavy atom. The van der Waals surface area contributed by atoms with Crippen LogP contribution in [0.1, 0.15) is 25.3 Å². The fraction of sp³-hybridized carbons (Fsp3) is 0.400. The molecule has 3 aromatic rings. The van der Waals surface area contributed by atoms with Gasteiger partial charge in [0.2, 0.25) is 0 Å². The normalized spacial score (nSPS) is 18.5. The van der Waals surface area contributed by atoms with E-state index in [0.29, 0.717) is 17.3 Å². The van der Waals surface area contributed by atoms with E-state index < -0.39 is 11.7 Å². The molecular weight excluding hydrogens is 385 g/mol. The van der Waals surface area contributed by atoms with Crippen molar-refractivity contribution in [2.75, 3.05) is 25.0 Å². The molecule has 0 bridgehead atoms. The second-order valence-corrected chi connectivity index (χ2v) is 7.93. The Morgan fingerprint density at radius 3 is 2.68 bits per heavy atom. The van der Waals surface area contributed by atoms with Gasteiger partial charge in [0.25, 0.3) is 0 Å². The predicted octanol–water partition coefficient (Wildman–Crippen LogP) is 5.27. The summed E-state index contributed by atoms with van der Waals surface area (Å²) < 4.78 is 39.4. The minimum absolute atomic E-state index is 0.322. The number of nitrogens with zero attached hydrogens (tertiary/aromatic N) is 3. The number of rotatable bonds is 4. The van der Waals surface area contributed by atoms with E-state index in [1.165, 1.54) is 23.5 Å². The summed E-state index contributed by atoms with van der Waals surface area (Å²) in [5.74, 6) is 0.745. The maximum absolute atomic E-state index is 12.8. The number of hydrogen-bond donors (Lipinski definition) is 1. The van der Waals surface area contributed by atoms with Crippen LogP contribution in [0.5, 0.6) is 0 Å². The standard InChI is InChI=1S/C20H21F3N4S/c1-2-27-10-3-4-15(12-27)24-19-16-9-11-28-18(16)17(25-26-19)13-5-7-14(8-6-13)20(21,22)23/h5-9,11,15H,2-4,10,12H2,1H3,(H,24,26). The average molecular weight is 406 g/mol. The number of anilines is 1. The first-order chi connectivity index (χ1) is 13.5. The number of nitrogens with one attached hydrogen (secondary N) is 1. The molecule has 4 rings (SSSR count). The van der Waals surface area contributed by atoms with E-state index in [-0.39, 0.29) is 0 Å². The summed E-state index contributed by atoms with van der Waals surface area (Å²) in [6.07, 6.45) is -2.11. The largest absolute Gasteiger partial charge is 0.416 e. The molecule has 1 unspecified atom stereocenters. The molecule has 0 aliphatic carbocycles. The number of halogens is 3. The number of fused-ring (bicyclic) bond motifs is 1. The molecular formula is C20H21F3N4S. The smallest absolute Gasteiger partial charge is 0.364 e. The summed E-state index contributed by atoms with van der Waals surface area (Å²) in [4.78, 5) is 2.41. The van der Waals surface area contributed by atoms with Gasteiger partial charge in [-0.1, -0.05) is 19.1 Å². The van der Waals surface area contributed by atoms with E-state index >= 15 is 0 Å². The zero-order chi connectivity index (χ0) is 19.7. The zero-order valence-electron chi connectivity index (χ0n) is 15.5. The highest BCUT2D eigenvalue weighted by molar-refractivity contribution is 7.17. The van der Waals surface area contributed by atoms with Crippen LogP contribution < -0.4 is 5.32 Å². The SMILES string of the molecule is CCN1CCCC(Nc2nnc(-c3ccc(C(F)(F)F)cc3)c3sccc23)C1. The van der Waals surface area contributed by atoms with Gasteiger partial charge in [0.1, 0.15) is 5.69 Å². The zero-order valence-corrected chi connectivity index (χ0v) is 16.3. The molecule has 1 atom stereocenters. The highest BCUT2D eigenvalue weighted by Gasteiger charge is 2.30. The van der Waals surface area contributed by atoms with Crippen molar-refractivity contribution in [1.29, 1.82) is 0 Å². The van der Waals surface area contributed by atoms with Crippen molar-refractivity contribution in [3.05, 3.63) is 41.3 Å². The quantitative estimate of drug-likeness (QED) is 0.641. The first-order valence-corrected chi connectivity index (χ1v) is 10.2. The van der Waals surface area contributed by atoms with Crippen LogP contribution in [-0.2, 0) is 6.18 Å². The molecule has 4 nitrogen and oxygen atoms in total. The van der Waals surface area contributed by atoms with Crippen LogP contribution in [-0.4, -0.2) is 40.8 Å². The third-order valence-electron chi connectivity index (χ3n) is 5.16. The molecule has 0 saturated carbocycles. The Bertz CT molecular complexity index is 952. The molecule has 2 aromatic heterocycles. The fourth-order valence-corrected chi connectivity index (χ4v) is 4.55. The van der Waals surface area contributed by atoms with E-state index in [0.717, 1.165) is 60.5 Å². The fourth-order valence-electron chi connectivity index (χ4n) is 3.64. The average Bonchev–Trinajstić information content (AvgIpc) is 3.18. The van der Waals surface area contributed by atoms with Crippen LogP contribution in [0.2, 0.25) is 0 Å². The minimum Gasteiger partial charge on any atom is -0.364 e. The predicted molar refractivity (Wildman–Crippen MR) is 107 cm³/mol. The first-order valence-electron chi connectivity index (χ1n) is 9.36. The van der Waals surface area contributed by atoms with Crippen molar-refractivity contribution in [3.63, 3.8) is 0 Å². The Morgan fingerprint density at radius 2 is 1.96 bits per heavy atom. The lowest BCUT2D eigenvalue weighted by Crippen LogP contribution is -2.42. The van der Waals surface area contributed by atoms with Gasteiger partial charge in [0, 0.05) is 23.5 Å². The molecule has 8 heteroatoms. The molecule has 148 valence electrons. The third-order valence-corrected chi connectivity index (χ3v) is 6.09. The van der Waals surface area contributed by atoms with Crippen LogP contribution in [0, 0.1) is 0 Å². The lowest BCUT2D eigenvalue weighted by Gasteiger charge is -2.32. The maximum Gasteiger partial charge on any atom is 0.416 e. The van der Waals surface area contributed by atoms with E-state index in [2.05, 4.69) is 27.3 Å². The van der Waals surface area contributed by atoms with Crippen LogP contribution in [0.25, 0.3) is 21.3 Å². The van der Waals surface area contributed by atoms with Crippen molar-refractivity contribution in [2.24, 2.45) is 0 Å². The molecule has 28 heavy (non-hydrogen) atoms. The van der Waals surface area contributed by atoms with Crippen LogP contribution >= 0.6 is 11.3 Å². The molecule has 1 fully saturated rings. The molecule has 1 aliphatic heterocycles. The van der Waals surface area contributed by atoms with Crippen LogP contribution in [0.15, 0.2) is 35.7 Å². The van der Waals surface area contributed by atoms with Crippen molar-refractivity contribution in [3.8, 4) is 11.3 Å². The second-order valence-electron chi connectivity index (χ2n) is 7.01. The number of aromatic nitrogens is 2. The summed E-state index contributed by atoms with van der Waals surface area (Å²) in [7, 11) is 0. The van der Waals surface area contributed by atoms with Gasteiger partial charge in [-0.25, -0.2) is 0 Å². The van der Waals surface area contributed by atoms with Gasteiger partial charge in [0.05, 0.1) is 10.3 Å². The molecule has 3 heterocycles. The topological polar surface area (TPSA) is 41.0 Å². The van der Waals surface area contributed by atoms with Gasteiger partial charge in [-0.2, -0.15) is 13.2 Å². The summed E-state index contributed by atoms with van der Waals surface area (Å²) in [5, 5.41) is 15.2. The van der Waals surface area contributed by atoms with E-state index in [9.17, 15) is 13.2 Å². The number of benzene rings is 1. The lowest BCUT2D eigenvalue weighted by atomic mass is 10.1. The van der Waals surface area contributed by atoms with Gasteiger partial charge in [-0.3, -0.25) is 0 Å². The van der Waals surface area contributed by atoms with E-state index in [1.807, 2.05) is 11.4 Å². The van der Waals surface area contributed by atoms with Crippen LogP contribution in [0.4, 0.5) is 19.0 Å². The molecule has 1 aliphatic rings. The molecule has 0 amide bonds. The van der Waals surface area contributed by atoms with Crippen LogP contribution in [0.3, 0.4) is 0 Å². The highest BCUT2D eigenvalue weighted by atomic mass is 32.1. The highest BCUT2D eigenvalue weighted by Crippen LogP contribution is 2.36. The van der Waals surface area contributed by atoms with Crippen molar-refractivity contribution in [1.82, 2.24) is 15.1 Å². The molecule has 1 N–H and O–H groups in total. The Kier molecular flexibility index (Phi) is 5.25. The maximum atomic E-state index is 12.8. The first kappa shape index (κ1) is 19.1. The van der Waals surface area contributed by atoms with Crippen molar-refractivity contribution < 1.29 is 13.2 Å². The van der Waals surface area contributed by atoms with Crippen molar-refractivity contribution in [2.45, 2.75) is 32.0 Å². The lowest BCUT2D eigenvalue weighted by molar-refractivity contribution is -0.137. The van der Waals surface area contributed by atoms with Gasteiger partial charge < -0.3 is 10.2 Å². The molecule has 0 spiro atoms. The van der Waals surface area contributed by atoms with E-state index in [4.69, 9.17) is 0 Å². The number of piperidine rings is 1. The monoisotopic (exact) mass is 406 g/mol. The Hall–Kier alpha value is -2.19.